The van der Waals surface area contributed by atoms with Crippen LogP contribution in [0.25, 0.3) is 33.4 Å². The van der Waals surface area contributed by atoms with E-state index in [2.05, 4.69) is 44.1 Å². The van der Waals surface area contributed by atoms with Crippen molar-refractivity contribution in [3.63, 3.8) is 0 Å². The molecule has 0 spiro atoms. The molecular formula is C30H27ClN4O3. The Morgan fingerprint density at radius 3 is 2.61 bits per heavy atom. The van der Waals surface area contributed by atoms with Crippen LogP contribution < -0.4 is 19.5 Å². The van der Waals surface area contributed by atoms with Gasteiger partial charge < -0.3 is 29.1 Å². The Morgan fingerprint density at radius 1 is 1.00 bits per heavy atom. The number of hydrogen-bond acceptors (Lipinski definition) is 5. The Labute approximate surface area is 225 Å². The first-order valence-electron chi connectivity index (χ1n) is 12.7. The molecule has 0 amide bonds. The van der Waals surface area contributed by atoms with E-state index in [1.165, 1.54) is 6.42 Å². The maximum Gasteiger partial charge on any atom is 0.203 e. The summed E-state index contributed by atoms with van der Waals surface area (Å²) in [7, 11) is 3.31. The molecule has 2 unspecified atom stereocenters. The molecule has 192 valence electrons. The molecule has 7 rings (SSSR count). The highest BCUT2D eigenvalue weighted by Gasteiger charge is 2.30. The fraction of sp³-hybridized carbons (Fsp3) is 0.233. The van der Waals surface area contributed by atoms with Gasteiger partial charge in [-0.1, -0.05) is 17.7 Å². The molecule has 2 atom stereocenters. The predicted octanol–water partition coefficient (Wildman–Crippen LogP) is 6.73. The van der Waals surface area contributed by atoms with Gasteiger partial charge in [0.1, 0.15) is 23.1 Å². The number of hydrogen-bond donors (Lipinski definition) is 2. The van der Waals surface area contributed by atoms with E-state index in [-0.39, 0.29) is 6.04 Å². The summed E-state index contributed by atoms with van der Waals surface area (Å²) in [4.78, 5) is 8.17. The summed E-state index contributed by atoms with van der Waals surface area (Å²) < 4.78 is 20.1. The highest BCUT2D eigenvalue weighted by atomic mass is 35.5. The van der Waals surface area contributed by atoms with E-state index in [4.69, 9.17) is 25.8 Å². The third-order valence-corrected chi connectivity index (χ3v) is 7.72. The lowest BCUT2D eigenvalue weighted by Gasteiger charge is -2.31. The van der Waals surface area contributed by atoms with Crippen molar-refractivity contribution in [1.82, 2.24) is 19.9 Å². The molecule has 0 saturated carbocycles. The molecule has 3 aromatic carbocycles. The number of aromatic nitrogens is 3. The Morgan fingerprint density at radius 2 is 1.84 bits per heavy atom. The van der Waals surface area contributed by atoms with Crippen molar-refractivity contribution in [3.8, 4) is 39.8 Å². The van der Waals surface area contributed by atoms with Crippen molar-refractivity contribution in [2.24, 2.45) is 0 Å². The molecular weight excluding hydrogens is 500 g/mol. The van der Waals surface area contributed by atoms with Gasteiger partial charge in [-0.25, -0.2) is 4.98 Å². The molecule has 38 heavy (non-hydrogen) atoms. The van der Waals surface area contributed by atoms with Crippen LogP contribution in [0.3, 0.4) is 0 Å². The third kappa shape index (κ3) is 3.81. The van der Waals surface area contributed by atoms with Crippen molar-refractivity contribution in [2.75, 3.05) is 20.8 Å². The number of methoxy groups -OCH3 is 2. The van der Waals surface area contributed by atoms with Gasteiger partial charge in [-0.15, -0.1) is 0 Å². The van der Waals surface area contributed by atoms with Gasteiger partial charge in [-0.2, -0.15) is 0 Å². The Hall–Kier alpha value is -3.94. The second-order valence-corrected chi connectivity index (χ2v) is 10.2. The van der Waals surface area contributed by atoms with E-state index in [0.717, 1.165) is 63.5 Å². The maximum atomic E-state index is 6.78. The zero-order chi connectivity index (χ0) is 25.8. The molecule has 2 aliphatic heterocycles. The Balaban J connectivity index is 1.37. The fourth-order valence-corrected chi connectivity index (χ4v) is 5.79. The molecule has 1 saturated heterocycles. The normalized spacial score (nSPS) is 18.2. The second kappa shape index (κ2) is 9.11. The monoisotopic (exact) mass is 526 g/mol. The highest BCUT2D eigenvalue weighted by Crippen LogP contribution is 2.46. The molecule has 7 nitrogen and oxygen atoms in total. The lowest BCUT2D eigenvalue weighted by Crippen LogP contribution is -2.22. The maximum absolute atomic E-state index is 6.78. The van der Waals surface area contributed by atoms with Crippen LogP contribution in [0.15, 0.2) is 66.9 Å². The average molecular weight is 527 g/mol. The molecule has 2 aliphatic rings. The molecule has 2 N–H and O–H groups in total. The van der Waals surface area contributed by atoms with E-state index >= 15 is 0 Å². The van der Waals surface area contributed by atoms with Crippen molar-refractivity contribution in [2.45, 2.75) is 25.1 Å². The molecule has 0 bridgehead atoms. The first-order chi connectivity index (χ1) is 18.6. The number of benzene rings is 3. The first-order valence-corrected chi connectivity index (χ1v) is 13.1. The second-order valence-electron chi connectivity index (χ2n) is 9.76. The minimum absolute atomic E-state index is 0.285. The summed E-state index contributed by atoms with van der Waals surface area (Å²) in [5, 5.41) is 5.26. The molecule has 2 aromatic heterocycles. The standard InChI is InChI=1S/C30H27ClN4O3/c1-36-21-11-19(12-22(15-21)37-2)30-35-26-8-6-20(31)10-18(26)13-27(35)23-7-5-17(14-28(23)38-30)25-16-33-29(34-25)24-4-3-9-32-24/h5-8,10-16,24,30,32H,3-4,9H2,1-2H3,(H,33,34). The quantitative estimate of drug-likeness (QED) is 0.265. The zero-order valence-corrected chi connectivity index (χ0v) is 21.9. The van der Waals surface area contributed by atoms with Gasteiger partial charge in [-0.3, -0.25) is 0 Å². The zero-order valence-electron chi connectivity index (χ0n) is 21.1. The first kappa shape index (κ1) is 23.2. The number of nitrogens with zero attached hydrogens (tertiary/aromatic N) is 2. The topological polar surface area (TPSA) is 73.3 Å². The van der Waals surface area contributed by atoms with Gasteiger partial charge in [0.05, 0.1) is 43.4 Å². The number of halogens is 1. The van der Waals surface area contributed by atoms with Crippen LogP contribution in [0.1, 0.15) is 36.5 Å². The smallest absolute Gasteiger partial charge is 0.203 e. The number of H-pyrrole nitrogens is 1. The van der Waals surface area contributed by atoms with Gasteiger partial charge in [0, 0.05) is 33.2 Å². The number of fused-ring (bicyclic) bond motifs is 5. The van der Waals surface area contributed by atoms with Crippen molar-refractivity contribution >= 4 is 22.5 Å². The number of rotatable bonds is 5. The van der Waals surface area contributed by atoms with Crippen LogP contribution in [-0.4, -0.2) is 35.3 Å². The molecule has 5 aromatic rings. The summed E-state index contributed by atoms with van der Waals surface area (Å²) in [6, 6.07) is 20.6. The Bertz CT molecular complexity index is 1650. The molecule has 0 aliphatic carbocycles. The van der Waals surface area contributed by atoms with Gasteiger partial charge >= 0.3 is 0 Å². The third-order valence-electron chi connectivity index (χ3n) is 7.49. The van der Waals surface area contributed by atoms with Crippen LogP contribution in [-0.2, 0) is 0 Å². The van der Waals surface area contributed by atoms with Gasteiger partial charge in [-0.05, 0) is 67.9 Å². The van der Waals surface area contributed by atoms with Crippen molar-refractivity contribution in [1.29, 1.82) is 0 Å². The van der Waals surface area contributed by atoms with Crippen LogP contribution >= 0.6 is 11.6 Å². The van der Waals surface area contributed by atoms with Crippen LogP contribution in [0.4, 0.5) is 0 Å². The van der Waals surface area contributed by atoms with Crippen LogP contribution in [0.5, 0.6) is 17.2 Å². The van der Waals surface area contributed by atoms with E-state index in [9.17, 15) is 0 Å². The van der Waals surface area contributed by atoms with Gasteiger partial charge in [0.2, 0.25) is 6.23 Å². The molecule has 1 fully saturated rings. The molecule has 4 heterocycles. The lowest BCUT2D eigenvalue weighted by atomic mass is 10.0. The predicted molar refractivity (Wildman–Crippen MR) is 148 cm³/mol. The minimum Gasteiger partial charge on any atom is -0.497 e. The Kier molecular flexibility index (Phi) is 5.56. The molecule has 8 heteroatoms. The van der Waals surface area contributed by atoms with Crippen molar-refractivity contribution in [3.05, 3.63) is 83.3 Å². The van der Waals surface area contributed by atoms with Gasteiger partial charge in [0.25, 0.3) is 0 Å². The lowest BCUT2D eigenvalue weighted by molar-refractivity contribution is 0.172. The highest BCUT2D eigenvalue weighted by molar-refractivity contribution is 6.31. The average Bonchev–Trinajstić information content (AvgIpc) is 3.71. The fourth-order valence-electron chi connectivity index (χ4n) is 5.61. The van der Waals surface area contributed by atoms with Crippen LogP contribution in [0, 0.1) is 0 Å². The number of aromatic amines is 1. The summed E-state index contributed by atoms with van der Waals surface area (Å²) in [6.07, 6.45) is 3.74. The van der Waals surface area contributed by atoms with E-state index in [0.29, 0.717) is 16.5 Å². The summed E-state index contributed by atoms with van der Waals surface area (Å²) in [5.74, 6) is 3.18. The summed E-state index contributed by atoms with van der Waals surface area (Å²) in [5.41, 5.74) is 6.02. The van der Waals surface area contributed by atoms with Crippen LogP contribution in [0.2, 0.25) is 5.02 Å². The number of imidazole rings is 1. The SMILES string of the molecule is COc1cc(OC)cc(C2Oc3cc(-c4cnc(C5CCCN5)[nH]4)ccc3-c3cc4cc(Cl)ccc4n32)c1. The number of ether oxygens (including phenoxy) is 3. The van der Waals surface area contributed by atoms with Crippen molar-refractivity contribution < 1.29 is 14.2 Å². The summed E-state index contributed by atoms with van der Waals surface area (Å²) >= 11 is 6.37. The number of nitrogens with one attached hydrogen (secondary N) is 2. The summed E-state index contributed by atoms with van der Waals surface area (Å²) in [6.45, 7) is 1.03. The van der Waals surface area contributed by atoms with Gasteiger partial charge in [0.15, 0.2) is 0 Å². The minimum atomic E-state index is -0.435. The van der Waals surface area contributed by atoms with E-state index in [1.54, 1.807) is 14.2 Å². The largest absolute Gasteiger partial charge is 0.497 e. The van der Waals surface area contributed by atoms with E-state index in [1.807, 2.05) is 42.6 Å². The van der Waals surface area contributed by atoms with E-state index < -0.39 is 6.23 Å². The molecule has 0 radical (unpaired) electrons.